The zero-order valence-corrected chi connectivity index (χ0v) is 10.0. The van der Waals surface area contributed by atoms with Crippen molar-refractivity contribution in [2.75, 3.05) is 5.73 Å². The highest BCUT2D eigenvalue weighted by molar-refractivity contribution is 9.10. The summed E-state index contributed by atoms with van der Waals surface area (Å²) in [6.07, 6.45) is 0.952. The van der Waals surface area contributed by atoms with Crippen LogP contribution in [-0.4, -0.2) is 0 Å². The lowest BCUT2D eigenvalue weighted by atomic mass is 10.1. The van der Waals surface area contributed by atoms with Crippen LogP contribution in [0, 0.1) is 0 Å². The summed E-state index contributed by atoms with van der Waals surface area (Å²) in [4.78, 5) is 0. The van der Waals surface area contributed by atoms with Crippen LogP contribution in [0.15, 0.2) is 39.4 Å². The van der Waals surface area contributed by atoms with E-state index in [-0.39, 0.29) is 0 Å². The summed E-state index contributed by atoms with van der Waals surface area (Å²) in [7, 11) is 0. The Labute approximate surface area is 97.2 Å². The molecule has 0 bridgehead atoms. The number of benzene rings is 1. The quantitative estimate of drug-likeness (QED) is 0.838. The predicted octanol–water partition coefficient (Wildman–Crippen LogP) is 3.85. The number of anilines is 1. The molecule has 0 saturated carbocycles. The topological polar surface area (TPSA) is 39.2 Å². The first-order valence-electron chi connectivity index (χ1n) is 4.85. The molecule has 0 atom stereocenters. The fraction of sp³-hybridized carbons (Fsp3) is 0.167. The number of aryl methyl sites for hydroxylation is 1. The van der Waals surface area contributed by atoms with E-state index in [1.54, 1.807) is 0 Å². The molecule has 1 aromatic heterocycles. The summed E-state index contributed by atoms with van der Waals surface area (Å²) in [6.45, 7) is 2.09. The van der Waals surface area contributed by atoms with Gasteiger partial charge in [-0.05, 0) is 46.1 Å². The van der Waals surface area contributed by atoms with Gasteiger partial charge in [0.1, 0.15) is 5.76 Å². The van der Waals surface area contributed by atoms with Gasteiger partial charge in [0.25, 0.3) is 0 Å². The van der Waals surface area contributed by atoms with E-state index in [1.807, 2.05) is 30.3 Å². The molecule has 78 valence electrons. The molecule has 0 saturated heterocycles. The van der Waals surface area contributed by atoms with Gasteiger partial charge in [-0.1, -0.05) is 19.1 Å². The van der Waals surface area contributed by atoms with Crippen molar-refractivity contribution in [3.05, 3.63) is 40.6 Å². The van der Waals surface area contributed by atoms with Crippen molar-refractivity contribution in [3.63, 3.8) is 0 Å². The number of nitrogen functional groups attached to an aromatic ring is 1. The van der Waals surface area contributed by atoms with Gasteiger partial charge in [-0.2, -0.15) is 0 Å². The van der Waals surface area contributed by atoms with Crippen molar-refractivity contribution in [2.24, 2.45) is 0 Å². The molecule has 0 spiro atoms. The lowest BCUT2D eigenvalue weighted by Gasteiger charge is -2.04. The van der Waals surface area contributed by atoms with Gasteiger partial charge in [0, 0.05) is 11.3 Å². The van der Waals surface area contributed by atoms with Crippen molar-refractivity contribution >= 4 is 21.6 Å². The van der Waals surface area contributed by atoms with Crippen LogP contribution in [0.1, 0.15) is 12.5 Å². The number of halogens is 1. The van der Waals surface area contributed by atoms with Crippen LogP contribution in [0.4, 0.5) is 5.69 Å². The zero-order valence-electron chi connectivity index (χ0n) is 8.46. The molecule has 0 radical (unpaired) electrons. The first-order chi connectivity index (χ1) is 7.20. The molecular formula is C12H12BrNO. The summed E-state index contributed by atoms with van der Waals surface area (Å²) < 4.78 is 6.19. The number of nitrogens with two attached hydrogens (primary N) is 1. The van der Waals surface area contributed by atoms with Crippen molar-refractivity contribution in [2.45, 2.75) is 13.3 Å². The van der Waals surface area contributed by atoms with Crippen LogP contribution in [0.5, 0.6) is 0 Å². The minimum Gasteiger partial charge on any atom is -0.449 e. The van der Waals surface area contributed by atoms with Gasteiger partial charge in [-0.15, -0.1) is 0 Å². The molecule has 0 amide bonds. The molecule has 0 fully saturated rings. The third kappa shape index (κ3) is 2.07. The monoisotopic (exact) mass is 265 g/mol. The van der Waals surface area contributed by atoms with E-state index in [4.69, 9.17) is 10.2 Å². The SMILES string of the molecule is CCc1ccc(-c2ccc(Br)o2)cc1N. The van der Waals surface area contributed by atoms with E-state index in [0.29, 0.717) is 0 Å². The minimum atomic E-state index is 0.732. The second-order valence-electron chi connectivity index (χ2n) is 3.37. The first kappa shape index (κ1) is 10.3. The Hall–Kier alpha value is -1.22. The van der Waals surface area contributed by atoms with Crippen LogP contribution < -0.4 is 5.73 Å². The van der Waals surface area contributed by atoms with Crippen LogP contribution in [-0.2, 0) is 6.42 Å². The molecule has 2 aromatic rings. The van der Waals surface area contributed by atoms with Crippen LogP contribution in [0.3, 0.4) is 0 Å². The average Bonchev–Trinajstić information content (AvgIpc) is 2.65. The molecule has 0 aliphatic rings. The molecule has 15 heavy (non-hydrogen) atoms. The normalized spacial score (nSPS) is 10.5. The third-order valence-electron chi connectivity index (χ3n) is 2.38. The van der Waals surface area contributed by atoms with Gasteiger partial charge in [-0.25, -0.2) is 0 Å². The Morgan fingerprint density at radius 3 is 2.60 bits per heavy atom. The largest absolute Gasteiger partial charge is 0.449 e. The fourth-order valence-corrected chi connectivity index (χ4v) is 1.85. The van der Waals surface area contributed by atoms with Gasteiger partial charge in [0.2, 0.25) is 0 Å². The molecule has 2 nitrogen and oxygen atoms in total. The van der Waals surface area contributed by atoms with Crippen LogP contribution in [0.25, 0.3) is 11.3 Å². The number of hydrogen-bond donors (Lipinski definition) is 1. The van der Waals surface area contributed by atoms with Gasteiger partial charge in [0.15, 0.2) is 4.67 Å². The summed E-state index contributed by atoms with van der Waals surface area (Å²) in [5, 5.41) is 0. The highest BCUT2D eigenvalue weighted by Gasteiger charge is 2.05. The van der Waals surface area contributed by atoms with Crippen molar-refractivity contribution in [1.29, 1.82) is 0 Å². The zero-order chi connectivity index (χ0) is 10.8. The van der Waals surface area contributed by atoms with E-state index in [2.05, 4.69) is 22.9 Å². The second-order valence-corrected chi connectivity index (χ2v) is 4.15. The van der Waals surface area contributed by atoms with E-state index < -0.39 is 0 Å². The third-order valence-corrected chi connectivity index (χ3v) is 2.81. The maximum atomic E-state index is 5.92. The lowest BCUT2D eigenvalue weighted by Crippen LogP contribution is -1.92. The van der Waals surface area contributed by atoms with Gasteiger partial charge in [0.05, 0.1) is 0 Å². The lowest BCUT2D eigenvalue weighted by molar-refractivity contribution is 0.556. The van der Waals surface area contributed by atoms with Crippen molar-refractivity contribution < 1.29 is 4.42 Å². The van der Waals surface area contributed by atoms with Crippen LogP contribution >= 0.6 is 15.9 Å². The molecule has 0 unspecified atom stereocenters. The Bertz CT molecular complexity index is 476. The summed E-state index contributed by atoms with van der Waals surface area (Å²) in [5.41, 5.74) is 8.92. The van der Waals surface area contributed by atoms with Crippen LogP contribution in [0.2, 0.25) is 0 Å². The van der Waals surface area contributed by atoms with E-state index >= 15 is 0 Å². The maximum absolute atomic E-state index is 5.92. The summed E-state index contributed by atoms with van der Waals surface area (Å²) in [6, 6.07) is 9.81. The highest BCUT2D eigenvalue weighted by atomic mass is 79.9. The van der Waals surface area contributed by atoms with Crippen molar-refractivity contribution in [3.8, 4) is 11.3 Å². The molecule has 1 heterocycles. The maximum Gasteiger partial charge on any atom is 0.169 e. The Kier molecular flexibility index (Phi) is 2.82. The summed E-state index contributed by atoms with van der Waals surface area (Å²) >= 11 is 3.28. The molecule has 2 rings (SSSR count). The number of furan rings is 1. The fourth-order valence-electron chi connectivity index (χ4n) is 1.54. The first-order valence-corrected chi connectivity index (χ1v) is 5.64. The molecular weight excluding hydrogens is 254 g/mol. The van der Waals surface area contributed by atoms with Gasteiger partial charge in [-0.3, -0.25) is 0 Å². The number of rotatable bonds is 2. The Balaban J connectivity index is 2.42. The standard InChI is InChI=1S/C12H12BrNO/c1-2-8-3-4-9(7-10(8)14)11-5-6-12(13)15-11/h3-7H,2,14H2,1H3. The average molecular weight is 266 g/mol. The summed E-state index contributed by atoms with van der Waals surface area (Å²) in [5.74, 6) is 0.830. The molecule has 0 aliphatic heterocycles. The second kappa shape index (κ2) is 4.11. The molecule has 3 heteroatoms. The van der Waals surface area contributed by atoms with Crippen molar-refractivity contribution in [1.82, 2.24) is 0 Å². The number of hydrogen-bond acceptors (Lipinski definition) is 2. The van der Waals surface area contributed by atoms with E-state index in [9.17, 15) is 0 Å². The predicted molar refractivity (Wildman–Crippen MR) is 65.6 cm³/mol. The molecule has 0 aliphatic carbocycles. The highest BCUT2D eigenvalue weighted by Crippen LogP contribution is 2.27. The molecule has 1 aromatic carbocycles. The van der Waals surface area contributed by atoms with Gasteiger partial charge >= 0.3 is 0 Å². The van der Waals surface area contributed by atoms with E-state index in [1.165, 1.54) is 5.56 Å². The Morgan fingerprint density at radius 2 is 2.07 bits per heavy atom. The Morgan fingerprint density at radius 1 is 1.27 bits per heavy atom. The molecule has 2 N–H and O–H groups in total. The van der Waals surface area contributed by atoms with E-state index in [0.717, 1.165) is 28.1 Å². The minimum absolute atomic E-state index is 0.732. The van der Waals surface area contributed by atoms with Gasteiger partial charge < -0.3 is 10.2 Å². The smallest absolute Gasteiger partial charge is 0.169 e.